The fourth-order valence-electron chi connectivity index (χ4n) is 0.301. The van der Waals surface area contributed by atoms with E-state index < -0.39 is 11.0 Å². The van der Waals surface area contributed by atoms with E-state index in [0.717, 1.165) is 0 Å². The van der Waals surface area contributed by atoms with Crippen molar-refractivity contribution in [1.29, 1.82) is 0 Å². The van der Waals surface area contributed by atoms with E-state index in [2.05, 4.69) is 11.8 Å². The highest BCUT2D eigenvalue weighted by Gasteiger charge is 2.06. The van der Waals surface area contributed by atoms with E-state index in [1.807, 2.05) is 0 Å². The molecule has 0 fully saturated rings. The Kier molecular flexibility index (Phi) is 3.73. The fourth-order valence-corrected chi connectivity index (χ4v) is 0.355. The highest BCUT2D eigenvalue weighted by atomic mass is 35.5. The second-order valence-corrected chi connectivity index (χ2v) is 3.01. The Bertz CT molecular complexity index is 149. The quantitative estimate of drug-likeness (QED) is 0.432. The molecule has 0 aliphatic heterocycles. The van der Waals surface area contributed by atoms with Crippen LogP contribution in [0.2, 0.25) is 0 Å². The van der Waals surface area contributed by atoms with E-state index in [-0.39, 0.29) is 6.61 Å². The van der Waals surface area contributed by atoms with Gasteiger partial charge in [0.25, 0.3) is 0 Å². The molecule has 1 unspecified atom stereocenters. The summed E-state index contributed by atoms with van der Waals surface area (Å²) in [5, 5.41) is 16.9. The topological polar surface area (TPSA) is 40.5 Å². The molecule has 0 aromatic heterocycles. The Hall–Kier alpha value is -0.230. The van der Waals surface area contributed by atoms with Crippen LogP contribution in [0.25, 0.3) is 0 Å². The Morgan fingerprint density at radius 1 is 1.60 bits per heavy atom. The van der Waals surface area contributed by atoms with E-state index in [1.54, 1.807) is 13.8 Å². The van der Waals surface area contributed by atoms with Crippen molar-refractivity contribution in [1.82, 2.24) is 0 Å². The van der Waals surface area contributed by atoms with E-state index in [9.17, 15) is 0 Å². The monoisotopic (exact) mass is 162 g/mol. The summed E-state index contributed by atoms with van der Waals surface area (Å²) < 4.78 is 0. The number of hydrogen-bond donors (Lipinski definition) is 2. The van der Waals surface area contributed by atoms with Crippen molar-refractivity contribution in [3.05, 3.63) is 0 Å². The molecule has 2 nitrogen and oxygen atoms in total. The first kappa shape index (κ1) is 9.77. The number of hydrogen-bond acceptors (Lipinski definition) is 2. The molecule has 10 heavy (non-hydrogen) atoms. The van der Waals surface area contributed by atoms with Gasteiger partial charge >= 0.3 is 0 Å². The Morgan fingerprint density at radius 2 is 2.10 bits per heavy atom. The Labute approximate surface area is 65.8 Å². The maximum absolute atomic E-state index is 9.05. The maximum Gasteiger partial charge on any atom is 0.120 e. The number of aliphatic hydroxyl groups is 2. The van der Waals surface area contributed by atoms with E-state index in [1.165, 1.54) is 0 Å². The molecule has 0 rings (SSSR count). The van der Waals surface area contributed by atoms with Gasteiger partial charge in [-0.1, -0.05) is 11.8 Å². The van der Waals surface area contributed by atoms with Crippen LogP contribution >= 0.6 is 11.6 Å². The standard InChI is InChI=1S/C7H11ClO2/c1-7(2,10)4-3-6(8)5-9/h6,9-10H,5H2,1-2H3. The van der Waals surface area contributed by atoms with Gasteiger partial charge in [0.2, 0.25) is 0 Å². The largest absolute Gasteiger partial charge is 0.394 e. The lowest BCUT2D eigenvalue weighted by molar-refractivity contribution is 0.143. The van der Waals surface area contributed by atoms with E-state index >= 15 is 0 Å². The first-order valence-electron chi connectivity index (χ1n) is 2.95. The Balaban J connectivity index is 3.91. The lowest BCUT2D eigenvalue weighted by Gasteiger charge is -2.06. The predicted molar refractivity (Wildman–Crippen MR) is 40.8 cm³/mol. The van der Waals surface area contributed by atoms with Crippen molar-refractivity contribution in [2.75, 3.05) is 6.61 Å². The molecule has 58 valence electrons. The average Bonchev–Trinajstić information content (AvgIpc) is 1.81. The molecule has 0 aliphatic carbocycles. The molecular weight excluding hydrogens is 152 g/mol. The summed E-state index contributed by atoms with van der Waals surface area (Å²) in [6, 6.07) is 0. The minimum atomic E-state index is -1.03. The molecule has 2 N–H and O–H groups in total. The zero-order valence-corrected chi connectivity index (χ0v) is 6.81. The number of aliphatic hydroxyl groups excluding tert-OH is 1. The van der Waals surface area contributed by atoms with Crippen molar-refractivity contribution in [3.8, 4) is 11.8 Å². The van der Waals surface area contributed by atoms with Crippen LogP contribution in [0.5, 0.6) is 0 Å². The fraction of sp³-hybridized carbons (Fsp3) is 0.714. The highest BCUT2D eigenvalue weighted by Crippen LogP contribution is 1.98. The van der Waals surface area contributed by atoms with Gasteiger partial charge in [-0.15, -0.1) is 11.6 Å². The molecule has 0 amide bonds. The van der Waals surface area contributed by atoms with Gasteiger partial charge in [0.15, 0.2) is 0 Å². The van der Waals surface area contributed by atoms with Crippen molar-refractivity contribution < 1.29 is 10.2 Å². The summed E-state index contributed by atoms with van der Waals surface area (Å²) in [5.74, 6) is 4.97. The molecule has 0 bridgehead atoms. The SMILES string of the molecule is CC(C)(O)C#CC(Cl)CO. The molecule has 3 heteroatoms. The third kappa shape index (κ3) is 5.90. The van der Waals surface area contributed by atoms with Gasteiger partial charge in [0, 0.05) is 0 Å². The normalized spacial score (nSPS) is 13.7. The van der Waals surface area contributed by atoms with Crippen LogP contribution in [-0.2, 0) is 0 Å². The number of alkyl halides is 1. The van der Waals surface area contributed by atoms with Gasteiger partial charge in [-0.25, -0.2) is 0 Å². The smallest absolute Gasteiger partial charge is 0.120 e. The molecule has 0 radical (unpaired) electrons. The zero-order valence-electron chi connectivity index (χ0n) is 6.06. The predicted octanol–water partition coefficient (Wildman–Crippen LogP) is 0.360. The number of rotatable bonds is 1. The first-order valence-corrected chi connectivity index (χ1v) is 3.39. The molecular formula is C7H11ClO2. The lowest BCUT2D eigenvalue weighted by Crippen LogP contribution is -2.15. The zero-order chi connectivity index (χ0) is 8.20. The second kappa shape index (κ2) is 3.82. The molecule has 0 saturated heterocycles. The van der Waals surface area contributed by atoms with Crippen LogP contribution in [-0.4, -0.2) is 27.8 Å². The summed E-state index contributed by atoms with van der Waals surface area (Å²) in [5.41, 5.74) is -1.03. The molecule has 0 aliphatic rings. The van der Waals surface area contributed by atoms with Gasteiger partial charge in [-0.2, -0.15) is 0 Å². The second-order valence-electron chi connectivity index (χ2n) is 2.48. The summed E-state index contributed by atoms with van der Waals surface area (Å²) in [4.78, 5) is 0. The average molecular weight is 163 g/mol. The van der Waals surface area contributed by atoms with Gasteiger partial charge < -0.3 is 10.2 Å². The third-order valence-corrected chi connectivity index (χ3v) is 0.942. The summed E-state index contributed by atoms with van der Waals surface area (Å²) in [7, 11) is 0. The van der Waals surface area contributed by atoms with Crippen LogP contribution in [0.1, 0.15) is 13.8 Å². The van der Waals surface area contributed by atoms with E-state index in [0.29, 0.717) is 0 Å². The molecule has 0 spiro atoms. The van der Waals surface area contributed by atoms with Gasteiger partial charge in [-0.05, 0) is 13.8 Å². The lowest BCUT2D eigenvalue weighted by atomic mass is 10.1. The molecule has 1 atom stereocenters. The molecule has 0 heterocycles. The van der Waals surface area contributed by atoms with Crippen LogP contribution < -0.4 is 0 Å². The van der Waals surface area contributed by atoms with Crippen molar-refractivity contribution in [3.63, 3.8) is 0 Å². The highest BCUT2D eigenvalue weighted by molar-refractivity contribution is 6.22. The first-order chi connectivity index (χ1) is 4.45. The van der Waals surface area contributed by atoms with Crippen molar-refractivity contribution in [2.45, 2.75) is 24.8 Å². The van der Waals surface area contributed by atoms with Gasteiger partial charge in [0.05, 0.1) is 6.61 Å². The molecule has 0 saturated carbocycles. The van der Waals surface area contributed by atoms with Crippen LogP contribution in [0, 0.1) is 11.8 Å². The summed E-state index contributed by atoms with van der Waals surface area (Å²) in [6.07, 6.45) is 0. The molecule has 0 aromatic carbocycles. The Morgan fingerprint density at radius 3 is 2.40 bits per heavy atom. The summed E-state index contributed by atoms with van der Waals surface area (Å²) >= 11 is 5.44. The van der Waals surface area contributed by atoms with Crippen LogP contribution in [0.15, 0.2) is 0 Å². The molecule has 0 aromatic rings. The minimum Gasteiger partial charge on any atom is -0.394 e. The van der Waals surface area contributed by atoms with Gasteiger partial charge in [0.1, 0.15) is 11.0 Å². The third-order valence-electron chi connectivity index (χ3n) is 0.695. The van der Waals surface area contributed by atoms with Crippen molar-refractivity contribution >= 4 is 11.6 Å². The maximum atomic E-state index is 9.05. The van der Waals surface area contributed by atoms with Crippen molar-refractivity contribution in [2.24, 2.45) is 0 Å². The number of halogens is 1. The van der Waals surface area contributed by atoms with Crippen LogP contribution in [0.4, 0.5) is 0 Å². The van der Waals surface area contributed by atoms with E-state index in [4.69, 9.17) is 21.8 Å². The van der Waals surface area contributed by atoms with Crippen LogP contribution in [0.3, 0.4) is 0 Å². The minimum absolute atomic E-state index is 0.190. The summed E-state index contributed by atoms with van der Waals surface area (Å²) in [6.45, 7) is 2.92. The van der Waals surface area contributed by atoms with Gasteiger partial charge in [-0.3, -0.25) is 0 Å².